The molecule has 0 bridgehead atoms. The Balaban J connectivity index is 0.00000576. The molecular formula is C18H39IN4O2. The summed E-state index contributed by atoms with van der Waals surface area (Å²) in [6.45, 7) is 12.1. The second-order valence-corrected chi connectivity index (χ2v) is 7.74. The molecular weight excluding hydrogens is 431 g/mol. The molecule has 6 nitrogen and oxygen atoms in total. The molecule has 0 saturated carbocycles. The van der Waals surface area contributed by atoms with Crippen molar-refractivity contribution in [1.82, 2.24) is 15.5 Å². The maximum Gasteiger partial charge on any atom is 0.191 e. The van der Waals surface area contributed by atoms with Crippen LogP contribution < -0.4 is 10.6 Å². The van der Waals surface area contributed by atoms with E-state index in [4.69, 9.17) is 9.47 Å². The van der Waals surface area contributed by atoms with Crippen molar-refractivity contribution in [2.75, 3.05) is 60.6 Å². The van der Waals surface area contributed by atoms with Crippen molar-refractivity contribution in [3.8, 4) is 0 Å². The van der Waals surface area contributed by atoms with E-state index in [1.807, 2.05) is 7.05 Å². The Morgan fingerprint density at radius 1 is 1.28 bits per heavy atom. The highest BCUT2D eigenvalue weighted by Crippen LogP contribution is 2.33. The zero-order valence-electron chi connectivity index (χ0n) is 16.9. The van der Waals surface area contributed by atoms with E-state index in [1.165, 1.54) is 6.42 Å². The van der Waals surface area contributed by atoms with E-state index in [1.54, 1.807) is 7.11 Å². The number of nitrogens with one attached hydrogen (secondary N) is 2. The van der Waals surface area contributed by atoms with Gasteiger partial charge in [0.05, 0.1) is 12.7 Å². The summed E-state index contributed by atoms with van der Waals surface area (Å²) in [6.07, 6.45) is 2.66. The average molecular weight is 470 g/mol. The fourth-order valence-corrected chi connectivity index (χ4v) is 3.18. The Kier molecular flexibility index (Phi) is 13.0. The maximum atomic E-state index is 6.05. The van der Waals surface area contributed by atoms with Gasteiger partial charge >= 0.3 is 0 Å². The van der Waals surface area contributed by atoms with Crippen LogP contribution in [-0.4, -0.2) is 77.6 Å². The number of halogens is 1. The first kappa shape index (κ1) is 24.9. The molecule has 0 radical (unpaired) electrons. The smallest absolute Gasteiger partial charge is 0.191 e. The van der Waals surface area contributed by atoms with Crippen LogP contribution in [0.4, 0.5) is 0 Å². The number of hydrogen-bond acceptors (Lipinski definition) is 4. The lowest BCUT2D eigenvalue weighted by atomic mass is 9.78. The van der Waals surface area contributed by atoms with Gasteiger partial charge in [-0.05, 0) is 25.3 Å². The highest BCUT2D eigenvalue weighted by Gasteiger charge is 2.35. The maximum absolute atomic E-state index is 6.05. The van der Waals surface area contributed by atoms with Gasteiger partial charge in [0.15, 0.2) is 5.96 Å². The first-order valence-electron chi connectivity index (χ1n) is 9.12. The van der Waals surface area contributed by atoms with Gasteiger partial charge in [0.1, 0.15) is 0 Å². The lowest BCUT2D eigenvalue weighted by molar-refractivity contribution is -0.0835. The van der Waals surface area contributed by atoms with E-state index in [9.17, 15) is 0 Å². The minimum Gasteiger partial charge on any atom is -0.383 e. The van der Waals surface area contributed by atoms with E-state index >= 15 is 0 Å². The molecule has 7 heteroatoms. The summed E-state index contributed by atoms with van der Waals surface area (Å²) in [6, 6.07) is 0. The average Bonchev–Trinajstić information content (AvgIpc) is 2.55. The van der Waals surface area contributed by atoms with Crippen molar-refractivity contribution in [2.45, 2.75) is 39.7 Å². The molecule has 2 atom stereocenters. The fourth-order valence-electron chi connectivity index (χ4n) is 3.18. The molecule has 1 rings (SSSR count). The summed E-state index contributed by atoms with van der Waals surface area (Å²) in [7, 11) is 5.66. The molecule has 1 aliphatic rings. The molecule has 2 unspecified atom stereocenters. The molecule has 0 aromatic heterocycles. The molecule has 0 aromatic carbocycles. The molecule has 0 spiro atoms. The number of ether oxygens (including phenoxy) is 2. The highest BCUT2D eigenvalue weighted by atomic mass is 127. The number of guanidine groups is 1. The van der Waals surface area contributed by atoms with Gasteiger partial charge in [-0.3, -0.25) is 4.99 Å². The van der Waals surface area contributed by atoms with Crippen LogP contribution in [0.1, 0.15) is 33.6 Å². The molecule has 0 aromatic rings. The predicted molar refractivity (Wildman–Crippen MR) is 116 cm³/mol. The lowest BCUT2D eigenvalue weighted by Crippen LogP contribution is -2.48. The van der Waals surface area contributed by atoms with Crippen molar-refractivity contribution >= 4 is 29.9 Å². The van der Waals surface area contributed by atoms with Crippen LogP contribution in [0.5, 0.6) is 0 Å². The fraction of sp³-hybridized carbons (Fsp3) is 0.944. The van der Waals surface area contributed by atoms with Crippen LogP contribution in [0, 0.1) is 11.3 Å². The summed E-state index contributed by atoms with van der Waals surface area (Å²) in [5.74, 6) is 1.40. The standard InChI is InChI=1S/C18H38N4O2.HI/c1-18(2,3)16-15(8-7-12-24-16)14-21-17(19-4)20-9-10-22(5)11-13-23-6;/h15-16H,7-14H2,1-6H3,(H2,19,20,21);1H. The van der Waals surface area contributed by atoms with Gasteiger partial charge in [0.25, 0.3) is 0 Å². The first-order valence-corrected chi connectivity index (χ1v) is 9.12. The summed E-state index contributed by atoms with van der Waals surface area (Å²) in [5.41, 5.74) is 0.174. The molecule has 1 saturated heterocycles. The van der Waals surface area contributed by atoms with Crippen molar-refractivity contribution < 1.29 is 9.47 Å². The highest BCUT2D eigenvalue weighted by molar-refractivity contribution is 14.0. The Morgan fingerprint density at radius 3 is 2.60 bits per heavy atom. The van der Waals surface area contributed by atoms with Gasteiger partial charge in [-0.2, -0.15) is 0 Å². The van der Waals surface area contributed by atoms with Gasteiger partial charge in [-0.15, -0.1) is 24.0 Å². The van der Waals surface area contributed by atoms with Gasteiger partial charge in [0.2, 0.25) is 0 Å². The number of likely N-dealkylation sites (N-methyl/N-ethyl adjacent to an activating group) is 1. The molecule has 25 heavy (non-hydrogen) atoms. The van der Waals surface area contributed by atoms with Gasteiger partial charge in [-0.25, -0.2) is 0 Å². The van der Waals surface area contributed by atoms with E-state index in [0.717, 1.165) is 51.8 Å². The Morgan fingerprint density at radius 2 is 2.00 bits per heavy atom. The zero-order valence-corrected chi connectivity index (χ0v) is 19.3. The van der Waals surface area contributed by atoms with E-state index in [-0.39, 0.29) is 29.4 Å². The molecule has 1 fully saturated rings. The first-order chi connectivity index (χ1) is 11.4. The van der Waals surface area contributed by atoms with Crippen LogP contribution in [0.15, 0.2) is 4.99 Å². The molecule has 0 amide bonds. The molecule has 1 aliphatic heterocycles. The van der Waals surface area contributed by atoms with Crippen molar-refractivity contribution in [3.63, 3.8) is 0 Å². The van der Waals surface area contributed by atoms with Gasteiger partial charge in [-0.1, -0.05) is 20.8 Å². The largest absolute Gasteiger partial charge is 0.383 e. The quantitative estimate of drug-likeness (QED) is 0.324. The summed E-state index contributed by atoms with van der Waals surface area (Å²) in [4.78, 5) is 6.57. The van der Waals surface area contributed by atoms with Crippen LogP contribution in [0.25, 0.3) is 0 Å². The summed E-state index contributed by atoms with van der Waals surface area (Å²) < 4.78 is 11.1. The predicted octanol–water partition coefficient (Wildman–Crippen LogP) is 2.19. The molecule has 1 heterocycles. The monoisotopic (exact) mass is 470 g/mol. The number of hydrogen-bond donors (Lipinski definition) is 2. The third-order valence-corrected chi connectivity index (χ3v) is 4.52. The Bertz CT molecular complexity index is 375. The summed E-state index contributed by atoms with van der Waals surface area (Å²) in [5, 5.41) is 6.86. The topological polar surface area (TPSA) is 58.1 Å². The number of rotatable bonds is 8. The van der Waals surface area contributed by atoms with Crippen molar-refractivity contribution in [1.29, 1.82) is 0 Å². The summed E-state index contributed by atoms with van der Waals surface area (Å²) >= 11 is 0. The van der Waals surface area contributed by atoms with Crippen LogP contribution in [0.2, 0.25) is 0 Å². The normalized spacial score (nSPS) is 21.8. The van der Waals surface area contributed by atoms with Crippen LogP contribution in [-0.2, 0) is 9.47 Å². The van der Waals surface area contributed by atoms with Gasteiger partial charge < -0.3 is 25.0 Å². The second-order valence-electron chi connectivity index (χ2n) is 7.74. The van der Waals surface area contributed by atoms with E-state index in [0.29, 0.717) is 12.0 Å². The Hall–Kier alpha value is -0.120. The SMILES string of the molecule is CN=C(NCCN(C)CCOC)NCC1CCCOC1C(C)(C)C.I. The van der Waals surface area contributed by atoms with E-state index < -0.39 is 0 Å². The minimum absolute atomic E-state index is 0. The number of aliphatic imine (C=N–C) groups is 1. The zero-order chi connectivity index (χ0) is 18.0. The van der Waals surface area contributed by atoms with Crippen LogP contribution in [0.3, 0.4) is 0 Å². The molecule has 150 valence electrons. The number of nitrogens with zero attached hydrogens (tertiary/aromatic N) is 2. The van der Waals surface area contributed by atoms with Crippen LogP contribution >= 0.6 is 24.0 Å². The number of methoxy groups -OCH3 is 1. The minimum atomic E-state index is 0. The van der Waals surface area contributed by atoms with E-state index in [2.05, 4.69) is 48.3 Å². The third-order valence-electron chi connectivity index (χ3n) is 4.52. The molecule has 0 aliphatic carbocycles. The molecule has 2 N–H and O–H groups in total. The van der Waals surface area contributed by atoms with Crippen molar-refractivity contribution in [3.05, 3.63) is 0 Å². The Labute approximate surface area is 171 Å². The third kappa shape index (κ3) is 9.96. The van der Waals surface area contributed by atoms with Gasteiger partial charge in [0, 0.05) is 52.9 Å². The lowest BCUT2D eigenvalue weighted by Gasteiger charge is -2.40. The van der Waals surface area contributed by atoms with Crippen molar-refractivity contribution in [2.24, 2.45) is 16.3 Å². The second kappa shape index (κ2) is 13.1.